The van der Waals surface area contributed by atoms with Gasteiger partial charge in [-0.15, -0.1) is 0 Å². The van der Waals surface area contributed by atoms with Crippen molar-refractivity contribution in [3.63, 3.8) is 0 Å². The molecular weight excluding hydrogens is 293 g/mol. The molecule has 4 nitrogen and oxygen atoms in total. The molecule has 5 heteroatoms. The first-order chi connectivity index (χ1) is 11.0. The van der Waals surface area contributed by atoms with Gasteiger partial charge in [0, 0.05) is 30.9 Å². The number of halogens is 1. The zero-order valence-electron chi connectivity index (χ0n) is 13.1. The number of nitrogens with one attached hydrogen (secondary N) is 1. The number of imidazole rings is 1. The van der Waals surface area contributed by atoms with Crippen molar-refractivity contribution in [1.82, 2.24) is 14.7 Å². The highest BCUT2D eigenvalue weighted by molar-refractivity contribution is 5.94. The van der Waals surface area contributed by atoms with E-state index in [0.29, 0.717) is 24.2 Å². The minimum absolute atomic E-state index is 0.0945. The van der Waals surface area contributed by atoms with E-state index in [4.69, 9.17) is 0 Å². The number of hydrogen-bond acceptors (Lipinski definition) is 2. The van der Waals surface area contributed by atoms with Crippen LogP contribution in [-0.2, 0) is 6.42 Å². The molecule has 0 fully saturated rings. The Morgan fingerprint density at radius 3 is 2.78 bits per heavy atom. The summed E-state index contributed by atoms with van der Waals surface area (Å²) in [4.78, 5) is 16.5. The van der Waals surface area contributed by atoms with E-state index < -0.39 is 0 Å². The average molecular weight is 311 g/mol. The third kappa shape index (κ3) is 3.39. The highest BCUT2D eigenvalue weighted by Gasteiger charge is 2.07. The van der Waals surface area contributed by atoms with Crippen LogP contribution in [0.3, 0.4) is 0 Å². The van der Waals surface area contributed by atoms with Crippen LogP contribution in [0.5, 0.6) is 0 Å². The Bertz CT molecular complexity index is 870. The normalized spacial score (nSPS) is 10.9. The Kier molecular flexibility index (Phi) is 4.10. The molecule has 0 unspecified atom stereocenters. The van der Waals surface area contributed by atoms with Crippen molar-refractivity contribution >= 4 is 11.6 Å². The molecule has 1 N–H and O–H groups in total. The van der Waals surface area contributed by atoms with Gasteiger partial charge in [0.15, 0.2) is 0 Å². The first-order valence-corrected chi connectivity index (χ1v) is 7.51. The number of aromatic nitrogens is 2. The zero-order valence-corrected chi connectivity index (χ0v) is 13.1. The van der Waals surface area contributed by atoms with Crippen LogP contribution in [0.25, 0.3) is 5.65 Å². The van der Waals surface area contributed by atoms with Crippen molar-refractivity contribution in [3.05, 3.63) is 70.9 Å². The van der Waals surface area contributed by atoms with E-state index in [1.807, 2.05) is 32.0 Å². The van der Waals surface area contributed by atoms with Gasteiger partial charge >= 0.3 is 0 Å². The molecule has 23 heavy (non-hydrogen) atoms. The number of aryl methyl sites for hydroxylation is 2. The van der Waals surface area contributed by atoms with Crippen molar-refractivity contribution in [2.75, 3.05) is 6.54 Å². The standard InChI is InChI=1S/C18H18FN3O/c1-12-3-4-14(9-13(12)2)18(23)20-8-7-16-11-22-10-15(19)5-6-17(22)21-16/h3-6,9-11H,7-8H2,1-2H3,(H,20,23). The van der Waals surface area contributed by atoms with Crippen LogP contribution in [0.4, 0.5) is 4.39 Å². The minimum Gasteiger partial charge on any atom is -0.352 e. The molecule has 2 heterocycles. The number of benzene rings is 1. The molecular formula is C18H18FN3O. The smallest absolute Gasteiger partial charge is 0.251 e. The van der Waals surface area contributed by atoms with E-state index in [-0.39, 0.29) is 11.7 Å². The quantitative estimate of drug-likeness (QED) is 0.805. The summed E-state index contributed by atoms with van der Waals surface area (Å²) < 4.78 is 14.8. The first kappa shape index (κ1) is 15.2. The summed E-state index contributed by atoms with van der Waals surface area (Å²) in [5.41, 5.74) is 4.43. The van der Waals surface area contributed by atoms with Gasteiger partial charge in [-0.05, 0) is 49.2 Å². The molecule has 0 aliphatic rings. The van der Waals surface area contributed by atoms with E-state index >= 15 is 0 Å². The number of amides is 1. The average Bonchev–Trinajstić information content (AvgIpc) is 2.91. The van der Waals surface area contributed by atoms with Gasteiger partial charge < -0.3 is 9.72 Å². The third-order valence-corrected chi connectivity index (χ3v) is 3.90. The lowest BCUT2D eigenvalue weighted by atomic mass is 10.1. The van der Waals surface area contributed by atoms with Gasteiger partial charge in [0.25, 0.3) is 5.91 Å². The van der Waals surface area contributed by atoms with Crippen LogP contribution in [0, 0.1) is 19.7 Å². The Morgan fingerprint density at radius 1 is 1.17 bits per heavy atom. The summed E-state index contributed by atoms with van der Waals surface area (Å²) in [6, 6.07) is 8.67. The van der Waals surface area contributed by atoms with Crippen molar-refractivity contribution in [3.8, 4) is 0 Å². The van der Waals surface area contributed by atoms with Gasteiger partial charge in [-0.25, -0.2) is 9.37 Å². The lowest BCUT2D eigenvalue weighted by Gasteiger charge is -2.06. The molecule has 1 aromatic carbocycles. The highest BCUT2D eigenvalue weighted by atomic mass is 19.1. The van der Waals surface area contributed by atoms with Crippen LogP contribution in [0.15, 0.2) is 42.7 Å². The summed E-state index contributed by atoms with van der Waals surface area (Å²) in [6.07, 6.45) is 3.76. The Labute approximate surface area is 134 Å². The third-order valence-electron chi connectivity index (χ3n) is 3.90. The molecule has 0 saturated carbocycles. The van der Waals surface area contributed by atoms with Crippen molar-refractivity contribution < 1.29 is 9.18 Å². The number of carbonyl (C=O) groups excluding carboxylic acids is 1. The fourth-order valence-electron chi connectivity index (χ4n) is 2.43. The lowest BCUT2D eigenvalue weighted by Crippen LogP contribution is -2.25. The fourth-order valence-corrected chi connectivity index (χ4v) is 2.43. The molecule has 3 aromatic rings. The summed E-state index contributed by atoms with van der Waals surface area (Å²) in [7, 11) is 0. The molecule has 0 aliphatic heterocycles. The van der Waals surface area contributed by atoms with Crippen molar-refractivity contribution in [1.29, 1.82) is 0 Å². The highest BCUT2D eigenvalue weighted by Crippen LogP contribution is 2.10. The van der Waals surface area contributed by atoms with Crippen LogP contribution < -0.4 is 5.32 Å². The molecule has 118 valence electrons. The lowest BCUT2D eigenvalue weighted by molar-refractivity contribution is 0.0954. The van der Waals surface area contributed by atoms with E-state index in [0.717, 1.165) is 11.3 Å². The second-order valence-corrected chi connectivity index (χ2v) is 5.65. The summed E-state index contributed by atoms with van der Waals surface area (Å²) in [6.45, 7) is 4.49. The predicted molar refractivity (Wildman–Crippen MR) is 87.1 cm³/mol. The summed E-state index contributed by atoms with van der Waals surface area (Å²) in [5.74, 6) is -0.396. The number of hydrogen-bond donors (Lipinski definition) is 1. The predicted octanol–water partition coefficient (Wildman–Crippen LogP) is 3.06. The molecule has 0 aliphatic carbocycles. The Balaban J connectivity index is 1.61. The van der Waals surface area contributed by atoms with Crippen LogP contribution >= 0.6 is 0 Å². The van der Waals surface area contributed by atoms with Crippen LogP contribution in [0.1, 0.15) is 27.2 Å². The molecule has 0 atom stereocenters. The summed E-state index contributed by atoms with van der Waals surface area (Å²) in [5, 5.41) is 2.89. The van der Waals surface area contributed by atoms with Gasteiger partial charge in [-0.2, -0.15) is 0 Å². The number of carbonyl (C=O) groups is 1. The largest absolute Gasteiger partial charge is 0.352 e. The summed E-state index contributed by atoms with van der Waals surface area (Å²) >= 11 is 0. The maximum Gasteiger partial charge on any atom is 0.251 e. The SMILES string of the molecule is Cc1ccc(C(=O)NCCc2cn3cc(F)ccc3n2)cc1C. The maximum atomic E-state index is 13.1. The monoisotopic (exact) mass is 311 g/mol. The molecule has 2 aromatic heterocycles. The van der Waals surface area contributed by atoms with Gasteiger partial charge in [-0.3, -0.25) is 4.79 Å². The topological polar surface area (TPSA) is 46.4 Å². The second kappa shape index (κ2) is 6.20. The first-order valence-electron chi connectivity index (χ1n) is 7.51. The fraction of sp³-hybridized carbons (Fsp3) is 0.222. The maximum absolute atomic E-state index is 13.1. The number of rotatable bonds is 4. The minimum atomic E-state index is -0.301. The van der Waals surface area contributed by atoms with Gasteiger partial charge in [-0.1, -0.05) is 6.07 Å². The van der Waals surface area contributed by atoms with Crippen molar-refractivity contribution in [2.24, 2.45) is 0 Å². The number of nitrogens with zero attached hydrogens (tertiary/aromatic N) is 2. The van der Waals surface area contributed by atoms with Gasteiger partial charge in [0.1, 0.15) is 11.5 Å². The Morgan fingerprint density at radius 2 is 2.00 bits per heavy atom. The molecule has 0 bridgehead atoms. The zero-order chi connectivity index (χ0) is 16.4. The van der Waals surface area contributed by atoms with Crippen molar-refractivity contribution in [2.45, 2.75) is 20.3 Å². The van der Waals surface area contributed by atoms with Crippen LogP contribution in [0.2, 0.25) is 0 Å². The Hall–Kier alpha value is -2.69. The number of pyridine rings is 1. The van der Waals surface area contributed by atoms with E-state index in [1.165, 1.54) is 17.8 Å². The number of fused-ring (bicyclic) bond motifs is 1. The van der Waals surface area contributed by atoms with E-state index in [9.17, 15) is 9.18 Å². The van der Waals surface area contributed by atoms with Gasteiger partial charge in [0.2, 0.25) is 0 Å². The van der Waals surface area contributed by atoms with Crippen LogP contribution in [-0.4, -0.2) is 21.8 Å². The second-order valence-electron chi connectivity index (χ2n) is 5.65. The van der Waals surface area contributed by atoms with E-state index in [1.54, 1.807) is 16.7 Å². The van der Waals surface area contributed by atoms with Gasteiger partial charge in [0.05, 0.1) is 5.69 Å². The molecule has 3 rings (SSSR count). The molecule has 0 saturated heterocycles. The molecule has 0 radical (unpaired) electrons. The van der Waals surface area contributed by atoms with E-state index in [2.05, 4.69) is 10.3 Å². The molecule has 0 spiro atoms. The molecule has 1 amide bonds.